The van der Waals surface area contributed by atoms with Crippen LogP contribution in [-0.4, -0.2) is 33.4 Å². The van der Waals surface area contributed by atoms with Crippen molar-refractivity contribution in [3.8, 4) is 22.5 Å². The largest absolute Gasteiger partial charge is 0.439 e. The number of benzene rings is 2. The van der Waals surface area contributed by atoms with Crippen molar-refractivity contribution >= 4 is 29.0 Å². The average Bonchev–Trinajstić information content (AvgIpc) is 3.43. The van der Waals surface area contributed by atoms with Gasteiger partial charge in [-0.1, -0.05) is 41.0 Å². The van der Waals surface area contributed by atoms with E-state index in [1.54, 1.807) is 42.7 Å². The van der Waals surface area contributed by atoms with Crippen molar-refractivity contribution in [1.82, 2.24) is 15.1 Å². The van der Waals surface area contributed by atoms with Gasteiger partial charge in [0.05, 0.1) is 5.02 Å². The van der Waals surface area contributed by atoms with Gasteiger partial charge in [-0.2, -0.15) is 0 Å². The Morgan fingerprint density at radius 2 is 1.85 bits per heavy atom. The number of nitrogens with two attached hydrogens (primary N) is 1. The first-order valence-electron chi connectivity index (χ1n) is 13.8. The normalized spacial score (nSPS) is 17.6. The van der Waals surface area contributed by atoms with E-state index in [4.69, 9.17) is 17.3 Å². The van der Waals surface area contributed by atoms with Crippen molar-refractivity contribution in [2.45, 2.75) is 38.5 Å². The van der Waals surface area contributed by atoms with Crippen LogP contribution in [0.3, 0.4) is 0 Å². The second kappa shape index (κ2) is 13.1. The number of nitrogens with one attached hydrogen (secondary N) is 2. The molecule has 0 unspecified atom stereocenters. The highest BCUT2D eigenvalue weighted by Crippen LogP contribution is 2.32. The number of halogens is 1. The molecule has 5 rings (SSSR count). The summed E-state index contributed by atoms with van der Waals surface area (Å²) < 4.78 is 4.56. The molecule has 9 nitrogen and oxygen atoms in total. The number of amides is 1. The fourth-order valence-electron chi connectivity index (χ4n) is 5.44. The van der Waals surface area contributed by atoms with Gasteiger partial charge in [-0.15, -0.1) is 0 Å². The number of nitrogens with zero attached hydrogens (tertiary/aromatic N) is 2. The van der Waals surface area contributed by atoms with E-state index in [0.717, 1.165) is 42.4 Å². The summed E-state index contributed by atoms with van der Waals surface area (Å²) >= 11 is 6.40. The highest BCUT2D eigenvalue weighted by atomic mass is 35.5. The number of aromatic amines is 1. The van der Waals surface area contributed by atoms with Crippen LogP contribution in [0.2, 0.25) is 5.02 Å². The zero-order valence-corrected chi connectivity index (χ0v) is 23.3. The minimum absolute atomic E-state index is 0.0440. The molecule has 4 aromatic rings. The van der Waals surface area contributed by atoms with Crippen LogP contribution in [0.4, 0.5) is 5.69 Å². The number of hydrogen-bond acceptors (Lipinski definition) is 7. The lowest BCUT2D eigenvalue weighted by atomic mass is 9.77. The molecule has 1 aliphatic rings. The third-order valence-electron chi connectivity index (χ3n) is 7.81. The van der Waals surface area contributed by atoms with Gasteiger partial charge in [-0.05, 0) is 86.0 Å². The minimum atomic E-state index is -0.642. The molecule has 0 saturated heterocycles. The van der Waals surface area contributed by atoms with Gasteiger partial charge in [-0.3, -0.25) is 24.1 Å². The molecule has 4 N–H and O–H groups in total. The van der Waals surface area contributed by atoms with Gasteiger partial charge < -0.3 is 11.1 Å². The number of carbonyl (C=O) groups is 2. The fraction of sp³-hybridized carbons (Fsp3) is 0.323. The van der Waals surface area contributed by atoms with E-state index in [2.05, 4.69) is 25.0 Å². The molecule has 2 heterocycles. The highest BCUT2D eigenvalue weighted by molar-refractivity contribution is 6.33. The van der Waals surface area contributed by atoms with E-state index in [9.17, 15) is 14.4 Å². The molecular formula is C31H32ClN5O4. The summed E-state index contributed by atoms with van der Waals surface area (Å²) in [6, 6.07) is 16.4. The van der Waals surface area contributed by atoms with Gasteiger partial charge in [0.1, 0.15) is 5.78 Å². The minimum Gasteiger partial charge on any atom is -0.330 e. The van der Waals surface area contributed by atoms with Crippen molar-refractivity contribution < 1.29 is 14.1 Å². The maximum Gasteiger partial charge on any atom is 0.439 e. The summed E-state index contributed by atoms with van der Waals surface area (Å²) in [5.74, 6) is -0.596. The summed E-state index contributed by atoms with van der Waals surface area (Å²) in [6.07, 6.45) is 7.41. The Hall–Kier alpha value is -4.08. The molecule has 2 aromatic heterocycles. The second-order valence-electron chi connectivity index (χ2n) is 10.6. The number of pyridine rings is 1. The maximum absolute atomic E-state index is 13.6. The second-order valence-corrected chi connectivity index (χ2v) is 11.0. The molecule has 1 atom stereocenters. The first-order valence-corrected chi connectivity index (χ1v) is 14.2. The molecule has 1 fully saturated rings. The molecule has 41 heavy (non-hydrogen) atoms. The Kier molecular flexibility index (Phi) is 9.06. The number of rotatable bonds is 10. The van der Waals surface area contributed by atoms with Crippen LogP contribution >= 0.6 is 11.6 Å². The number of hydrogen-bond donors (Lipinski definition) is 3. The van der Waals surface area contributed by atoms with Gasteiger partial charge >= 0.3 is 5.76 Å². The molecule has 0 bridgehead atoms. The Labute approximate surface area is 242 Å². The molecule has 1 amide bonds. The highest BCUT2D eigenvalue weighted by Gasteiger charge is 2.30. The zero-order chi connectivity index (χ0) is 28.8. The van der Waals surface area contributed by atoms with Gasteiger partial charge in [-0.25, -0.2) is 4.79 Å². The van der Waals surface area contributed by atoms with Crippen LogP contribution in [-0.2, 0) is 16.0 Å². The number of carbonyl (C=O) groups excluding carboxylic acids is 2. The summed E-state index contributed by atoms with van der Waals surface area (Å²) in [5, 5.41) is 7.25. The average molecular weight is 574 g/mol. The van der Waals surface area contributed by atoms with Gasteiger partial charge in [0.2, 0.25) is 5.91 Å². The first-order chi connectivity index (χ1) is 19.9. The number of ketones is 1. The monoisotopic (exact) mass is 573 g/mol. The van der Waals surface area contributed by atoms with Crippen molar-refractivity contribution in [3.05, 3.63) is 88.1 Å². The molecule has 2 aromatic carbocycles. The lowest BCUT2D eigenvalue weighted by molar-refractivity contribution is -0.129. The molecular weight excluding hydrogens is 542 g/mol. The molecule has 0 radical (unpaired) electrons. The molecule has 1 saturated carbocycles. The van der Waals surface area contributed by atoms with Gasteiger partial charge in [0.15, 0.2) is 5.82 Å². The predicted octanol–water partition coefficient (Wildman–Crippen LogP) is 5.27. The van der Waals surface area contributed by atoms with E-state index >= 15 is 0 Å². The Morgan fingerprint density at radius 1 is 1.07 bits per heavy atom. The van der Waals surface area contributed by atoms with E-state index in [1.807, 2.05) is 24.3 Å². The zero-order valence-electron chi connectivity index (χ0n) is 22.5. The molecule has 0 aliphatic heterocycles. The van der Waals surface area contributed by atoms with Crippen LogP contribution < -0.4 is 16.8 Å². The summed E-state index contributed by atoms with van der Waals surface area (Å²) in [5.41, 5.74) is 9.67. The third-order valence-corrected chi connectivity index (χ3v) is 8.14. The van der Waals surface area contributed by atoms with Crippen molar-refractivity contribution in [3.63, 3.8) is 0 Å². The summed E-state index contributed by atoms with van der Waals surface area (Å²) in [6.45, 7) is 0.648. The van der Waals surface area contributed by atoms with Crippen LogP contribution in [0, 0.1) is 17.8 Å². The van der Waals surface area contributed by atoms with Crippen LogP contribution in [0.15, 0.2) is 76.3 Å². The van der Waals surface area contributed by atoms with Crippen molar-refractivity contribution in [2.75, 3.05) is 11.9 Å². The van der Waals surface area contributed by atoms with Crippen molar-refractivity contribution in [1.29, 1.82) is 0 Å². The maximum atomic E-state index is 13.6. The summed E-state index contributed by atoms with van der Waals surface area (Å²) in [7, 11) is 0. The summed E-state index contributed by atoms with van der Waals surface area (Å²) in [4.78, 5) is 45.0. The topological polar surface area (TPSA) is 144 Å². The quantitative estimate of drug-likeness (QED) is 0.234. The molecule has 1 aliphatic carbocycles. The van der Waals surface area contributed by atoms with E-state index in [1.165, 1.54) is 0 Å². The molecule has 212 valence electrons. The molecule has 10 heteroatoms. The number of anilines is 1. The van der Waals surface area contributed by atoms with E-state index in [-0.39, 0.29) is 24.0 Å². The fourth-order valence-corrected chi connectivity index (χ4v) is 5.65. The van der Waals surface area contributed by atoms with Crippen molar-refractivity contribution in [2.24, 2.45) is 23.5 Å². The van der Waals surface area contributed by atoms with Crippen LogP contribution in [0.5, 0.6) is 0 Å². The SMILES string of the molecule is NCC1CCC(C(=O)C[C@@H](Cc2cccc(-c3cnccc3Cl)c2)C(=O)Nc2ccc(-c3noc(=O)[nH]3)cc2)CC1. The lowest BCUT2D eigenvalue weighted by Crippen LogP contribution is -2.31. The van der Waals surface area contributed by atoms with E-state index in [0.29, 0.717) is 41.0 Å². The number of aromatic nitrogens is 3. The predicted molar refractivity (Wildman–Crippen MR) is 157 cm³/mol. The van der Waals surface area contributed by atoms with Gasteiger partial charge in [0.25, 0.3) is 0 Å². The first kappa shape index (κ1) is 28.4. The standard InChI is InChI=1S/C31H32ClN5O4/c32-27-12-13-34-18-26(27)23-3-1-2-20(14-23)15-24(16-28(38)21-6-4-19(17-33)5-7-21)30(39)35-25-10-8-22(9-11-25)29-36-31(40)41-37-29/h1-3,8-14,18-19,21,24H,4-7,15-17,33H2,(H,35,39)(H,36,37,40)/t19?,21?,24-/m1/s1. The Morgan fingerprint density at radius 3 is 2.54 bits per heavy atom. The smallest absolute Gasteiger partial charge is 0.330 e. The van der Waals surface area contributed by atoms with E-state index < -0.39 is 11.7 Å². The lowest BCUT2D eigenvalue weighted by Gasteiger charge is -2.27. The Bertz CT molecular complexity index is 1560. The Balaban J connectivity index is 1.34. The molecule has 0 spiro atoms. The number of H-pyrrole nitrogens is 1. The van der Waals surface area contributed by atoms with Gasteiger partial charge in [0, 0.05) is 47.5 Å². The third kappa shape index (κ3) is 7.17. The van der Waals surface area contributed by atoms with Crippen LogP contribution in [0.25, 0.3) is 22.5 Å². The van der Waals surface area contributed by atoms with Crippen LogP contribution in [0.1, 0.15) is 37.7 Å². The number of Topliss-reactive ketones (excluding diaryl/α,β-unsaturated/α-hetero) is 1.